The van der Waals surface area contributed by atoms with E-state index in [2.05, 4.69) is 28.6 Å². The molecule has 7 heteroatoms. The van der Waals surface area contributed by atoms with Gasteiger partial charge in [0, 0.05) is 30.6 Å². The molecule has 0 spiro atoms. The Morgan fingerprint density at radius 2 is 1.92 bits per heavy atom. The lowest BCUT2D eigenvalue weighted by atomic mass is 9.95. The van der Waals surface area contributed by atoms with Crippen LogP contribution < -0.4 is 0 Å². The largest absolute Gasteiger partial charge is 0.339 e. The molecule has 0 aliphatic carbocycles. The topological polar surface area (TPSA) is 53.9 Å². The van der Waals surface area contributed by atoms with Gasteiger partial charge in [-0.2, -0.15) is 5.10 Å². The van der Waals surface area contributed by atoms with E-state index in [0.29, 0.717) is 23.4 Å². The summed E-state index contributed by atoms with van der Waals surface area (Å²) in [5.41, 5.74) is 0.528. The highest BCUT2D eigenvalue weighted by Crippen LogP contribution is 2.29. The first kappa shape index (κ1) is 16.8. The molecule has 1 aromatic heterocycles. The van der Waals surface area contributed by atoms with E-state index in [1.807, 2.05) is 4.90 Å². The maximum Gasteiger partial charge on any atom is 0.253 e. The molecule has 0 bridgehead atoms. The number of nitrogens with one attached hydrogen (secondary N) is 1. The molecule has 1 N–H and O–H groups in total. The molecule has 0 unspecified atom stereocenters. The van der Waals surface area contributed by atoms with Gasteiger partial charge in [0.25, 0.3) is 5.91 Å². The van der Waals surface area contributed by atoms with Gasteiger partial charge in [0.2, 0.25) is 0 Å². The van der Waals surface area contributed by atoms with Gasteiger partial charge in [0.15, 0.2) is 4.77 Å². The van der Waals surface area contributed by atoms with E-state index in [-0.39, 0.29) is 23.7 Å². The van der Waals surface area contributed by atoms with Crippen molar-refractivity contribution in [2.45, 2.75) is 38.6 Å². The molecule has 1 aliphatic heterocycles. The number of likely N-dealkylation sites (tertiary alicyclic amines) is 1. The lowest BCUT2D eigenvalue weighted by molar-refractivity contribution is 0.0710. The van der Waals surface area contributed by atoms with Gasteiger partial charge in [-0.1, -0.05) is 0 Å². The fourth-order valence-corrected chi connectivity index (χ4v) is 3.57. The van der Waals surface area contributed by atoms with Crippen LogP contribution in [0.25, 0.3) is 0 Å². The normalized spacial score (nSPS) is 15.9. The van der Waals surface area contributed by atoms with Crippen LogP contribution in [-0.2, 0) is 0 Å². The molecule has 2 aromatic rings. The summed E-state index contributed by atoms with van der Waals surface area (Å²) in [5.74, 6) is 0.888. The average Bonchev–Trinajstić information content (AvgIpc) is 2.97. The van der Waals surface area contributed by atoms with Gasteiger partial charge in [0.05, 0.1) is 0 Å². The van der Waals surface area contributed by atoms with Gasteiger partial charge in [-0.05, 0) is 63.2 Å². The zero-order chi connectivity index (χ0) is 17.3. The van der Waals surface area contributed by atoms with Crippen LogP contribution in [0.15, 0.2) is 24.3 Å². The van der Waals surface area contributed by atoms with E-state index < -0.39 is 0 Å². The van der Waals surface area contributed by atoms with Crippen molar-refractivity contribution in [3.05, 3.63) is 46.2 Å². The molecule has 128 valence electrons. The Bertz CT molecular complexity index is 773. The van der Waals surface area contributed by atoms with Gasteiger partial charge < -0.3 is 9.47 Å². The van der Waals surface area contributed by atoms with Crippen molar-refractivity contribution in [1.29, 1.82) is 0 Å². The highest BCUT2D eigenvalue weighted by atomic mass is 32.1. The number of halogens is 1. The summed E-state index contributed by atoms with van der Waals surface area (Å²) in [6.07, 6.45) is 1.69. The smallest absolute Gasteiger partial charge is 0.253 e. The zero-order valence-corrected chi connectivity index (χ0v) is 14.6. The number of amides is 1. The highest BCUT2D eigenvalue weighted by molar-refractivity contribution is 7.71. The number of carbonyl (C=O) groups is 1. The molecule has 1 fully saturated rings. The minimum atomic E-state index is -0.332. The number of nitrogens with zero attached hydrogens (tertiary/aromatic N) is 3. The van der Waals surface area contributed by atoms with E-state index >= 15 is 0 Å². The summed E-state index contributed by atoms with van der Waals surface area (Å²) >= 11 is 5.31. The van der Waals surface area contributed by atoms with Crippen molar-refractivity contribution < 1.29 is 9.18 Å². The summed E-state index contributed by atoms with van der Waals surface area (Å²) in [6, 6.07) is 5.97. The second kappa shape index (κ2) is 6.84. The second-order valence-electron chi connectivity index (χ2n) is 6.42. The molecule has 3 rings (SSSR count). The number of carbonyl (C=O) groups excluding carboxylic acids is 1. The van der Waals surface area contributed by atoms with Crippen LogP contribution >= 0.6 is 12.2 Å². The van der Waals surface area contributed by atoms with Crippen LogP contribution in [0.1, 0.15) is 54.8 Å². The third-order valence-electron chi connectivity index (χ3n) is 4.49. The number of hydrogen-bond acceptors (Lipinski definition) is 3. The van der Waals surface area contributed by atoms with Crippen molar-refractivity contribution in [2.75, 3.05) is 13.1 Å². The number of piperidine rings is 1. The molecule has 0 atom stereocenters. The fourth-order valence-electron chi connectivity index (χ4n) is 3.22. The molecule has 1 amide bonds. The maximum atomic E-state index is 13.0. The number of benzene rings is 1. The molecular weight excluding hydrogens is 327 g/mol. The number of aromatic amines is 1. The summed E-state index contributed by atoms with van der Waals surface area (Å²) in [5, 5.41) is 7.28. The average molecular weight is 348 g/mol. The van der Waals surface area contributed by atoms with Crippen molar-refractivity contribution in [2.24, 2.45) is 0 Å². The third-order valence-corrected chi connectivity index (χ3v) is 4.77. The quantitative estimate of drug-likeness (QED) is 0.861. The Hall–Kier alpha value is -2.02. The van der Waals surface area contributed by atoms with Gasteiger partial charge in [-0.3, -0.25) is 9.89 Å². The first-order chi connectivity index (χ1) is 11.5. The monoisotopic (exact) mass is 348 g/mol. The lowest BCUT2D eigenvalue weighted by Gasteiger charge is -2.32. The number of H-pyrrole nitrogens is 1. The van der Waals surface area contributed by atoms with Crippen LogP contribution in [-0.4, -0.2) is 38.7 Å². The fraction of sp³-hybridized carbons (Fsp3) is 0.471. The minimum Gasteiger partial charge on any atom is -0.339 e. The van der Waals surface area contributed by atoms with E-state index in [4.69, 9.17) is 12.2 Å². The number of hydrogen-bond donors (Lipinski definition) is 1. The van der Waals surface area contributed by atoms with Crippen LogP contribution in [0.3, 0.4) is 0 Å². The minimum absolute atomic E-state index is 0.0452. The van der Waals surface area contributed by atoms with Gasteiger partial charge in [-0.25, -0.2) is 4.39 Å². The van der Waals surface area contributed by atoms with Crippen molar-refractivity contribution in [3.63, 3.8) is 0 Å². The third kappa shape index (κ3) is 3.26. The molecule has 0 radical (unpaired) electrons. The second-order valence-corrected chi connectivity index (χ2v) is 6.81. The van der Waals surface area contributed by atoms with Crippen LogP contribution in [0.5, 0.6) is 0 Å². The predicted octanol–water partition coefficient (Wildman–Crippen LogP) is 3.68. The van der Waals surface area contributed by atoms with Gasteiger partial charge in [0.1, 0.15) is 11.6 Å². The molecule has 1 saturated heterocycles. The van der Waals surface area contributed by atoms with E-state index in [9.17, 15) is 9.18 Å². The molecule has 1 aliphatic rings. The first-order valence-electron chi connectivity index (χ1n) is 8.19. The zero-order valence-electron chi connectivity index (χ0n) is 13.8. The van der Waals surface area contributed by atoms with E-state index in [1.165, 1.54) is 24.3 Å². The van der Waals surface area contributed by atoms with Crippen molar-refractivity contribution in [3.8, 4) is 0 Å². The molecule has 2 heterocycles. The van der Waals surface area contributed by atoms with Crippen LogP contribution in [0.2, 0.25) is 0 Å². The molecule has 24 heavy (non-hydrogen) atoms. The summed E-state index contributed by atoms with van der Waals surface area (Å²) < 4.78 is 15.7. The number of rotatable bonds is 3. The first-order valence-corrected chi connectivity index (χ1v) is 8.60. The van der Waals surface area contributed by atoms with Crippen LogP contribution in [0, 0.1) is 10.6 Å². The van der Waals surface area contributed by atoms with Gasteiger partial charge in [-0.15, -0.1) is 0 Å². The summed E-state index contributed by atoms with van der Waals surface area (Å²) in [7, 11) is 0. The standard InChI is InChI=1S/C17H21FN4OS/c1-11(2)22-15(19-20-17(22)24)12-7-9-21(10-8-12)16(23)13-3-5-14(18)6-4-13/h3-6,11-12H,7-10H2,1-2H3,(H,20,24). The Kier molecular flexibility index (Phi) is 4.80. The Morgan fingerprint density at radius 3 is 2.50 bits per heavy atom. The van der Waals surface area contributed by atoms with Crippen molar-refractivity contribution >= 4 is 18.1 Å². The predicted molar refractivity (Wildman–Crippen MR) is 92.1 cm³/mol. The molecule has 5 nitrogen and oxygen atoms in total. The van der Waals surface area contributed by atoms with Crippen LogP contribution in [0.4, 0.5) is 4.39 Å². The highest BCUT2D eigenvalue weighted by Gasteiger charge is 2.28. The lowest BCUT2D eigenvalue weighted by Crippen LogP contribution is -2.38. The molecule has 0 saturated carbocycles. The molecular formula is C17H21FN4OS. The van der Waals surface area contributed by atoms with E-state index in [1.54, 1.807) is 0 Å². The molecule has 1 aromatic carbocycles. The Balaban J connectivity index is 1.69. The van der Waals surface area contributed by atoms with Gasteiger partial charge >= 0.3 is 0 Å². The van der Waals surface area contributed by atoms with Crippen molar-refractivity contribution in [1.82, 2.24) is 19.7 Å². The Labute approximate surface area is 145 Å². The van der Waals surface area contributed by atoms with E-state index in [0.717, 1.165) is 18.7 Å². The number of aromatic nitrogens is 3. The summed E-state index contributed by atoms with van der Waals surface area (Å²) in [6.45, 7) is 5.50. The Morgan fingerprint density at radius 1 is 1.29 bits per heavy atom. The maximum absolute atomic E-state index is 13.0. The SMILES string of the molecule is CC(C)n1c(C2CCN(C(=O)c3ccc(F)cc3)CC2)n[nH]c1=S. The summed E-state index contributed by atoms with van der Waals surface area (Å²) in [4.78, 5) is 14.3.